The fourth-order valence-corrected chi connectivity index (χ4v) is 1.24. The van der Waals surface area contributed by atoms with Crippen LogP contribution < -0.4 is 5.32 Å². The van der Waals surface area contributed by atoms with Gasteiger partial charge in [0.2, 0.25) is 0 Å². The molecule has 1 heterocycles. The molecule has 0 aromatic carbocycles. The van der Waals surface area contributed by atoms with Gasteiger partial charge >= 0.3 is 0 Å². The highest BCUT2D eigenvalue weighted by Crippen LogP contribution is 1.97. The lowest BCUT2D eigenvalue weighted by molar-refractivity contribution is 0.409. The van der Waals surface area contributed by atoms with Crippen molar-refractivity contribution >= 4 is 0 Å². The van der Waals surface area contributed by atoms with Crippen molar-refractivity contribution in [3.05, 3.63) is 23.8 Å². The van der Waals surface area contributed by atoms with Crippen molar-refractivity contribution in [3.63, 3.8) is 0 Å². The lowest BCUT2D eigenvalue weighted by Gasteiger charge is -2.08. The van der Waals surface area contributed by atoms with Gasteiger partial charge in [0.05, 0.1) is 5.69 Å². The zero-order valence-electron chi connectivity index (χ0n) is 9.82. The molecule has 4 nitrogen and oxygen atoms in total. The van der Waals surface area contributed by atoms with Crippen molar-refractivity contribution in [2.45, 2.75) is 19.9 Å². The number of rotatable bonds is 6. The highest BCUT2D eigenvalue weighted by atomic mass is 15.1. The molecule has 0 saturated heterocycles. The molecule has 84 valence electrons. The lowest BCUT2D eigenvalue weighted by Crippen LogP contribution is -2.18. The maximum atomic E-state index is 4.48. The largest absolute Gasteiger partial charge is 0.311 e. The molecule has 0 bridgehead atoms. The molecule has 1 N–H and O–H groups in total. The minimum absolute atomic E-state index is 0.827. The molecule has 0 atom stereocenters. The summed E-state index contributed by atoms with van der Waals surface area (Å²) in [6, 6.07) is 1.96. The first-order valence-electron chi connectivity index (χ1n) is 5.38. The van der Waals surface area contributed by atoms with Gasteiger partial charge in [0.1, 0.15) is 5.82 Å². The van der Waals surface area contributed by atoms with E-state index >= 15 is 0 Å². The Balaban J connectivity index is 2.50. The number of nitrogens with zero attached hydrogens (tertiary/aromatic N) is 3. The molecule has 0 fully saturated rings. The van der Waals surface area contributed by atoms with E-state index in [4.69, 9.17) is 0 Å². The zero-order chi connectivity index (χ0) is 11.1. The molecule has 15 heavy (non-hydrogen) atoms. The summed E-state index contributed by atoms with van der Waals surface area (Å²) < 4.78 is 0. The highest BCUT2D eigenvalue weighted by Gasteiger charge is 1.99. The standard InChI is InChI=1S/C11H20N4/c1-4-12-9-10-5-7-13-11(14-10)6-8-15(2)3/h5,7,12H,4,6,8-9H2,1-3H3. The first-order chi connectivity index (χ1) is 7.22. The summed E-state index contributed by atoms with van der Waals surface area (Å²) in [6.45, 7) is 4.88. The molecule has 0 unspecified atom stereocenters. The van der Waals surface area contributed by atoms with Crippen molar-refractivity contribution in [2.24, 2.45) is 0 Å². The number of hydrogen-bond donors (Lipinski definition) is 1. The van der Waals surface area contributed by atoms with Crippen molar-refractivity contribution in [1.29, 1.82) is 0 Å². The monoisotopic (exact) mass is 208 g/mol. The molecule has 0 aliphatic rings. The summed E-state index contributed by atoms with van der Waals surface area (Å²) in [5, 5.41) is 3.26. The Morgan fingerprint density at radius 3 is 2.87 bits per heavy atom. The van der Waals surface area contributed by atoms with Crippen LogP contribution in [0.5, 0.6) is 0 Å². The number of nitrogens with one attached hydrogen (secondary N) is 1. The Kier molecular flexibility index (Phi) is 5.21. The van der Waals surface area contributed by atoms with E-state index in [1.165, 1.54) is 0 Å². The third kappa shape index (κ3) is 4.85. The van der Waals surface area contributed by atoms with Crippen LogP contribution in [0.2, 0.25) is 0 Å². The Hall–Kier alpha value is -1.00. The predicted molar refractivity (Wildman–Crippen MR) is 61.7 cm³/mol. The van der Waals surface area contributed by atoms with E-state index in [1.807, 2.05) is 12.3 Å². The molecule has 0 amide bonds. The number of likely N-dealkylation sites (N-methyl/N-ethyl adjacent to an activating group) is 1. The van der Waals surface area contributed by atoms with Crippen LogP contribution in [0.25, 0.3) is 0 Å². The van der Waals surface area contributed by atoms with Crippen molar-refractivity contribution in [1.82, 2.24) is 20.2 Å². The van der Waals surface area contributed by atoms with Crippen LogP contribution in [0, 0.1) is 0 Å². The normalized spacial score (nSPS) is 10.9. The molecule has 0 radical (unpaired) electrons. The van der Waals surface area contributed by atoms with E-state index < -0.39 is 0 Å². The fraction of sp³-hybridized carbons (Fsp3) is 0.636. The summed E-state index contributed by atoms with van der Waals surface area (Å²) in [4.78, 5) is 10.9. The fourth-order valence-electron chi connectivity index (χ4n) is 1.24. The van der Waals surface area contributed by atoms with Gasteiger partial charge in [-0.05, 0) is 26.7 Å². The smallest absolute Gasteiger partial charge is 0.129 e. The minimum Gasteiger partial charge on any atom is -0.311 e. The van der Waals surface area contributed by atoms with Crippen LogP contribution in [-0.4, -0.2) is 42.1 Å². The maximum absolute atomic E-state index is 4.48. The van der Waals surface area contributed by atoms with Crippen molar-refractivity contribution < 1.29 is 0 Å². The van der Waals surface area contributed by atoms with Gasteiger partial charge in [-0.15, -0.1) is 0 Å². The Bertz CT molecular complexity index is 286. The summed E-state index contributed by atoms with van der Waals surface area (Å²) in [7, 11) is 4.12. The van der Waals surface area contributed by atoms with Crippen LogP contribution >= 0.6 is 0 Å². The summed E-state index contributed by atoms with van der Waals surface area (Å²) in [6.07, 6.45) is 2.75. The van der Waals surface area contributed by atoms with Gasteiger partial charge in [-0.2, -0.15) is 0 Å². The van der Waals surface area contributed by atoms with E-state index in [0.29, 0.717) is 0 Å². The van der Waals surface area contributed by atoms with E-state index in [1.54, 1.807) is 0 Å². The molecule has 1 aromatic rings. The first-order valence-corrected chi connectivity index (χ1v) is 5.38. The molecule has 1 aromatic heterocycles. The topological polar surface area (TPSA) is 41.1 Å². The number of aromatic nitrogens is 2. The summed E-state index contributed by atoms with van der Waals surface area (Å²) >= 11 is 0. The highest BCUT2D eigenvalue weighted by molar-refractivity contribution is 5.02. The van der Waals surface area contributed by atoms with Gasteiger partial charge in [0.15, 0.2) is 0 Å². The summed E-state index contributed by atoms with van der Waals surface area (Å²) in [5.41, 5.74) is 1.07. The van der Waals surface area contributed by atoms with Crippen LogP contribution in [0.15, 0.2) is 12.3 Å². The minimum atomic E-state index is 0.827. The van der Waals surface area contributed by atoms with Gasteiger partial charge in [-0.25, -0.2) is 9.97 Å². The summed E-state index contributed by atoms with van der Waals surface area (Å²) in [5.74, 6) is 0.930. The second kappa shape index (κ2) is 6.48. The van der Waals surface area contributed by atoms with E-state index in [0.717, 1.165) is 37.6 Å². The van der Waals surface area contributed by atoms with E-state index in [-0.39, 0.29) is 0 Å². The van der Waals surface area contributed by atoms with Crippen LogP contribution in [0.4, 0.5) is 0 Å². The average molecular weight is 208 g/mol. The Morgan fingerprint density at radius 2 is 2.20 bits per heavy atom. The van der Waals surface area contributed by atoms with Crippen molar-refractivity contribution in [2.75, 3.05) is 27.2 Å². The van der Waals surface area contributed by atoms with Crippen LogP contribution in [0.1, 0.15) is 18.4 Å². The number of hydrogen-bond acceptors (Lipinski definition) is 4. The van der Waals surface area contributed by atoms with Gasteiger partial charge in [-0.1, -0.05) is 6.92 Å². The second-order valence-electron chi connectivity index (χ2n) is 3.80. The zero-order valence-corrected chi connectivity index (χ0v) is 9.82. The lowest BCUT2D eigenvalue weighted by atomic mass is 10.3. The van der Waals surface area contributed by atoms with Crippen LogP contribution in [0.3, 0.4) is 0 Å². The SMILES string of the molecule is CCNCc1ccnc(CCN(C)C)n1. The Labute approximate surface area is 91.7 Å². The molecule has 0 aliphatic heterocycles. The van der Waals surface area contributed by atoms with Gasteiger partial charge < -0.3 is 10.2 Å². The van der Waals surface area contributed by atoms with E-state index in [9.17, 15) is 0 Å². The van der Waals surface area contributed by atoms with E-state index in [2.05, 4.69) is 41.2 Å². The van der Waals surface area contributed by atoms with Crippen LogP contribution in [-0.2, 0) is 13.0 Å². The molecular formula is C11H20N4. The molecular weight excluding hydrogens is 188 g/mol. The molecule has 0 spiro atoms. The van der Waals surface area contributed by atoms with Gasteiger partial charge in [0.25, 0.3) is 0 Å². The first kappa shape index (κ1) is 12.1. The third-order valence-corrected chi connectivity index (χ3v) is 2.10. The Morgan fingerprint density at radius 1 is 1.40 bits per heavy atom. The quantitative estimate of drug-likeness (QED) is 0.747. The van der Waals surface area contributed by atoms with Gasteiger partial charge in [-0.3, -0.25) is 0 Å². The molecule has 1 rings (SSSR count). The average Bonchev–Trinajstić information content (AvgIpc) is 2.24. The maximum Gasteiger partial charge on any atom is 0.129 e. The van der Waals surface area contributed by atoms with Gasteiger partial charge in [0, 0.05) is 25.7 Å². The molecule has 4 heteroatoms. The second-order valence-corrected chi connectivity index (χ2v) is 3.80. The molecule has 0 saturated carbocycles. The molecule has 0 aliphatic carbocycles. The predicted octanol–water partition coefficient (Wildman–Crippen LogP) is 0.690. The van der Waals surface area contributed by atoms with Crippen molar-refractivity contribution in [3.8, 4) is 0 Å². The third-order valence-electron chi connectivity index (χ3n) is 2.10.